The summed E-state index contributed by atoms with van der Waals surface area (Å²) in [6, 6.07) is 11.6. The van der Waals surface area contributed by atoms with Gasteiger partial charge in [0, 0.05) is 11.6 Å². The number of hydrogen-bond acceptors (Lipinski definition) is 2. The van der Waals surface area contributed by atoms with Gasteiger partial charge in [-0.05, 0) is 55.0 Å². The highest BCUT2D eigenvalue weighted by Crippen LogP contribution is 2.26. The molecule has 0 bridgehead atoms. The normalized spacial score (nSPS) is 14.7. The van der Waals surface area contributed by atoms with Crippen LogP contribution in [0, 0.1) is 0 Å². The van der Waals surface area contributed by atoms with Crippen molar-refractivity contribution in [1.82, 2.24) is 5.32 Å². The van der Waals surface area contributed by atoms with E-state index in [2.05, 4.69) is 49.5 Å². The summed E-state index contributed by atoms with van der Waals surface area (Å²) in [7, 11) is 0. The summed E-state index contributed by atoms with van der Waals surface area (Å²) in [4.78, 5) is 0. The molecule has 1 N–H and O–H groups in total. The van der Waals surface area contributed by atoms with Crippen LogP contribution in [-0.2, 0) is 19.4 Å². The van der Waals surface area contributed by atoms with E-state index in [0.717, 1.165) is 36.9 Å². The van der Waals surface area contributed by atoms with Crippen LogP contribution in [0.2, 0.25) is 0 Å². The van der Waals surface area contributed by atoms with Crippen molar-refractivity contribution in [2.45, 2.75) is 52.1 Å². The number of nitrogens with one attached hydrogen (secondary N) is 1. The topological polar surface area (TPSA) is 25.2 Å². The zero-order valence-corrected chi connectivity index (χ0v) is 12.4. The molecule has 0 amide bonds. The first-order valence-corrected chi connectivity index (χ1v) is 7.74. The quantitative estimate of drug-likeness (QED) is 0.844. The monoisotopic (exact) mass is 269 g/mol. The van der Waals surface area contributed by atoms with Crippen LogP contribution in [0.5, 0.6) is 0 Å². The van der Waals surface area contributed by atoms with Gasteiger partial charge in [-0.3, -0.25) is 0 Å². The second-order valence-corrected chi connectivity index (χ2v) is 5.61. The van der Waals surface area contributed by atoms with E-state index < -0.39 is 0 Å². The highest BCUT2D eigenvalue weighted by atomic mass is 16.3. The van der Waals surface area contributed by atoms with E-state index in [0.29, 0.717) is 0 Å². The second kappa shape index (κ2) is 5.84. The summed E-state index contributed by atoms with van der Waals surface area (Å²) in [5.74, 6) is 2.01. The molecule has 0 spiro atoms. The fourth-order valence-corrected chi connectivity index (χ4v) is 2.61. The van der Waals surface area contributed by atoms with Crippen LogP contribution in [0.15, 0.2) is 34.7 Å². The van der Waals surface area contributed by atoms with Gasteiger partial charge in [-0.1, -0.05) is 26.0 Å². The molecule has 2 heteroatoms. The summed E-state index contributed by atoms with van der Waals surface area (Å²) in [5.41, 5.74) is 4.06. The lowest BCUT2D eigenvalue weighted by molar-refractivity contribution is 0.492. The van der Waals surface area contributed by atoms with Gasteiger partial charge in [0.2, 0.25) is 0 Å². The van der Waals surface area contributed by atoms with Crippen molar-refractivity contribution in [3.8, 4) is 11.3 Å². The van der Waals surface area contributed by atoms with Gasteiger partial charge in [-0.25, -0.2) is 0 Å². The number of aryl methyl sites for hydroxylation is 2. The van der Waals surface area contributed by atoms with E-state index >= 15 is 0 Å². The highest BCUT2D eigenvalue weighted by molar-refractivity contribution is 5.59. The molecule has 1 fully saturated rings. The van der Waals surface area contributed by atoms with Crippen LogP contribution in [0.4, 0.5) is 0 Å². The Morgan fingerprint density at radius 1 is 1.05 bits per heavy atom. The first kappa shape index (κ1) is 13.4. The van der Waals surface area contributed by atoms with Crippen LogP contribution >= 0.6 is 0 Å². The van der Waals surface area contributed by atoms with Gasteiger partial charge >= 0.3 is 0 Å². The van der Waals surface area contributed by atoms with Gasteiger partial charge in [-0.2, -0.15) is 0 Å². The average Bonchev–Trinajstić information content (AvgIpc) is 3.21. The van der Waals surface area contributed by atoms with E-state index in [9.17, 15) is 0 Å². The molecule has 0 saturated heterocycles. The van der Waals surface area contributed by atoms with Crippen LogP contribution in [-0.4, -0.2) is 6.04 Å². The van der Waals surface area contributed by atoms with Gasteiger partial charge in [0.05, 0.1) is 6.54 Å². The van der Waals surface area contributed by atoms with Crippen molar-refractivity contribution in [3.63, 3.8) is 0 Å². The molecule has 1 aliphatic carbocycles. The molecule has 1 aromatic heterocycles. The predicted molar refractivity (Wildman–Crippen MR) is 82.8 cm³/mol. The Hall–Kier alpha value is -1.54. The third kappa shape index (κ3) is 2.96. The second-order valence-electron chi connectivity index (χ2n) is 5.61. The molecule has 0 aliphatic heterocycles. The molecule has 3 rings (SSSR count). The first-order valence-electron chi connectivity index (χ1n) is 7.74. The number of hydrogen-bond donors (Lipinski definition) is 1. The molecular formula is C18H23NO. The summed E-state index contributed by atoms with van der Waals surface area (Å²) in [5, 5.41) is 3.48. The van der Waals surface area contributed by atoms with Crippen LogP contribution < -0.4 is 5.32 Å². The molecule has 1 saturated carbocycles. The van der Waals surface area contributed by atoms with Gasteiger partial charge in [0.1, 0.15) is 11.5 Å². The van der Waals surface area contributed by atoms with Crippen molar-refractivity contribution in [2.75, 3.05) is 0 Å². The van der Waals surface area contributed by atoms with Crippen molar-refractivity contribution in [2.24, 2.45) is 0 Å². The zero-order chi connectivity index (χ0) is 13.9. The molecule has 106 valence electrons. The summed E-state index contributed by atoms with van der Waals surface area (Å²) in [6.07, 6.45) is 4.80. The maximum atomic E-state index is 5.96. The molecular weight excluding hydrogens is 246 g/mol. The maximum Gasteiger partial charge on any atom is 0.134 e. The van der Waals surface area contributed by atoms with Gasteiger partial charge in [-0.15, -0.1) is 0 Å². The van der Waals surface area contributed by atoms with Gasteiger partial charge in [0.15, 0.2) is 0 Å². The Morgan fingerprint density at radius 2 is 1.85 bits per heavy atom. The van der Waals surface area contributed by atoms with Gasteiger partial charge < -0.3 is 9.73 Å². The average molecular weight is 269 g/mol. The van der Waals surface area contributed by atoms with E-state index in [1.54, 1.807) is 0 Å². The molecule has 0 atom stereocenters. The zero-order valence-electron chi connectivity index (χ0n) is 12.4. The van der Waals surface area contributed by atoms with E-state index in [1.165, 1.54) is 29.5 Å². The third-order valence-corrected chi connectivity index (χ3v) is 4.06. The third-order valence-electron chi connectivity index (χ3n) is 4.06. The lowest BCUT2D eigenvalue weighted by atomic mass is 9.99. The number of benzene rings is 1. The van der Waals surface area contributed by atoms with Crippen molar-refractivity contribution < 1.29 is 4.42 Å². The summed E-state index contributed by atoms with van der Waals surface area (Å²) < 4.78 is 5.96. The molecule has 20 heavy (non-hydrogen) atoms. The van der Waals surface area contributed by atoms with E-state index in [-0.39, 0.29) is 0 Å². The summed E-state index contributed by atoms with van der Waals surface area (Å²) in [6.45, 7) is 5.27. The van der Waals surface area contributed by atoms with Crippen molar-refractivity contribution >= 4 is 0 Å². The summed E-state index contributed by atoms with van der Waals surface area (Å²) >= 11 is 0. The lowest BCUT2D eigenvalue weighted by Crippen LogP contribution is -2.14. The molecule has 2 nitrogen and oxygen atoms in total. The predicted octanol–water partition coefficient (Wildman–Crippen LogP) is 4.32. The van der Waals surface area contributed by atoms with Crippen LogP contribution in [0.1, 0.15) is 43.6 Å². The highest BCUT2D eigenvalue weighted by Gasteiger charge is 2.20. The number of rotatable bonds is 6. The largest absolute Gasteiger partial charge is 0.460 e. The van der Waals surface area contributed by atoms with Crippen molar-refractivity contribution in [1.29, 1.82) is 0 Å². The standard InChI is InChI=1S/C18H23NO/c1-3-13-5-6-15(11-14(13)4-2)18-10-9-17(20-18)12-19-16-7-8-16/h5-6,9-11,16,19H,3-4,7-8,12H2,1-2H3. The molecule has 1 aliphatic rings. The Kier molecular flexibility index (Phi) is 3.93. The minimum Gasteiger partial charge on any atom is -0.460 e. The van der Waals surface area contributed by atoms with Crippen molar-refractivity contribution in [3.05, 3.63) is 47.2 Å². The first-order chi connectivity index (χ1) is 9.80. The van der Waals surface area contributed by atoms with E-state index in [1.807, 2.05) is 0 Å². The minimum atomic E-state index is 0.721. The SMILES string of the molecule is CCc1ccc(-c2ccc(CNC3CC3)o2)cc1CC. The molecule has 1 aromatic carbocycles. The molecule has 2 aromatic rings. The molecule has 0 radical (unpaired) electrons. The Balaban J connectivity index is 1.77. The smallest absolute Gasteiger partial charge is 0.134 e. The van der Waals surface area contributed by atoms with Crippen LogP contribution in [0.3, 0.4) is 0 Å². The minimum absolute atomic E-state index is 0.721. The maximum absolute atomic E-state index is 5.96. The Labute approximate surface area is 121 Å². The lowest BCUT2D eigenvalue weighted by Gasteiger charge is -2.07. The Bertz CT molecular complexity index is 581. The van der Waals surface area contributed by atoms with Gasteiger partial charge in [0.25, 0.3) is 0 Å². The molecule has 1 heterocycles. The fourth-order valence-electron chi connectivity index (χ4n) is 2.61. The number of furan rings is 1. The van der Waals surface area contributed by atoms with E-state index in [4.69, 9.17) is 4.42 Å². The fraction of sp³-hybridized carbons (Fsp3) is 0.444. The molecule has 0 unspecified atom stereocenters. The van der Waals surface area contributed by atoms with Crippen LogP contribution in [0.25, 0.3) is 11.3 Å². The Morgan fingerprint density at radius 3 is 2.55 bits per heavy atom.